The molecular weight excluding hydrogens is 258 g/mol. The monoisotopic (exact) mass is 277 g/mol. The Morgan fingerprint density at radius 1 is 1.53 bits per heavy atom. The maximum atomic E-state index is 10.6. The summed E-state index contributed by atoms with van der Waals surface area (Å²) in [7, 11) is 0. The minimum absolute atomic E-state index is 0.569. The van der Waals surface area contributed by atoms with Gasteiger partial charge in [0.1, 0.15) is 17.0 Å². The zero-order valence-electron chi connectivity index (χ0n) is 11.1. The van der Waals surface area contributed by atoms with Crippen LogP contribution >= 0.6 is 11.3 Å². The lowest BCUT2D eigenvalue weighted by Gasteiger charge is -2.35. The molecule has 0 spiro atoms. The first kappa shape index (κ1) is 12.8. The predicted molar refractivity (Wildman–Crippen MR) is 78.5 cm³/mol. The molecule has 2 aromatic rings. The van der Waals surface area contributed by atoms with Crippen LogP contribution < -0.4 is 5.32 Å². The molecule has 2 heterocycles. The number of thiophene rings is 1. The number of aromatic nitrogens is 2. The summed E-state index contributed by atoms with van der Waals surface area (Å²) in [5, 5.41) is 17.0. The molecule has 1 aliphatic carbocycles. The van der Waals surface area contributed by atoms with Gasteiger partial charge in [-0.1, -0.05) is 19.8 Å². The number of hydrogen-bond acceptors (Lipinski definition) is 5. The van der Waals surface area contributed by atoms with E-state index in [9.17, 15) is 5.11 Å². The third-order valence-corrected chi connectivity index (χ3v) is 4.73. The van der Waals surface area contributed by atoms with Gasteiger partial charge in [-0.05, 0) is 30.2 Å². The van der Waals surface area contributed by atoms with Crippen molar-refractivity contribution < 1.29 is 5.11 Å². The smallest absolute Gasteiger partial charge is 0.138 e. The topological polar surface area (TPSA) is 58.0 Å². The molecule has 0 amide bonds. The first-order valence-electron chi connectivity index (χ1n) is 6.81. The third-order valence-electron chi connectivity index (χ3n) is 3.91. The number of fused-ring (bicyclic) bond motifs is 1. The van der Waals surface area contributed by atoms with Crippen molar-refractivity contribution >= 4 is 27.4 Å². The molecule has 0 bridgehead atoms. The van der Waals surface area contributed by atoms with Crippen molar-refractivity contribution in [2.45, 2.75) is 38.2 Å². The summed E-state index contributed by atoms with van der Waals surface area (Å²) in [5.41, 5.74) is -0.592. The van der Waals surface area contributed by atoms with Crippen molar-refractivity contribution in [1.29, 1.82) is 0 Å². The van der Waals surface area contributed by atoms with Crippen molar-refractivity contribution in [3.8, 4) is 0 Å². The van der Waals surface area contributed by atoms with Gasteiger partial charge in [-0.2, -0.15) is 0 Å². The van der Waals surface area contributed by atoms with E-state index in [1.54, 1.807) is 17.7 Å². The van der Waals surface area contributed by atoms with Gasteiger partial charge in [0, 0.05) is 6.54 Å². The Balaban J connectivity index is 1.73. The first-order valence-corrected chi connectivity index (χ1v) is 7.69. The minimum Gasteiger partial charge on any atom is -0.388 e. The summed E-state index contributed by atoms with van der Waals surface area (Å²) in [6.45, 7) is 2.78. The molecule has 2 unspecified atom stereocenters. The normalized spacial score (nSPS) is 27.6. The van der Waals surface area contributed by atoms with Gasteiger partial charge in [-0.25, -0.2) is 9.97 Å². The summed E-state index contributed by atoms with van der Waals surface area (Å²) in [6, 6.07) is 2.02. The van der Waals surface area contributed by atoms with Crippen LogP contribution in [0.15, 0.2) is 17.8 Å². The van der Waals surface area contributed by atoms with Gasteiger partial charge in [0.15, 0.2) is 0 Å². The van der Waals surface area contributed by atoms with Gasteiger partial charge in [0.25, 0.3) is 0 Å². The summed E-state index contributed by atoms with van der Waals surface area (Å²) in [6.07, 6.45) is 5.66. The van der Waals surface area contributed by atoms with Crippen LogP contribution in [0.4, 0.5) is 5.82 Å². The molecular formula is C14H19N3OS. The van der Waals surface area contributed by atoms with E-state index in [2.05, 4.69) is 22.2 Å². The van der Waals surface area contributed by atoms with Crippen molar-refractivity contribution in [3.05, 3.63) is 17.8 Å². The van der Waals surface area contributed by atoms with Crippen LogP contribution in [0.5, 0.6) is 0 Å². The Hall–Kier alpha value is -1.20. The lowest BCUT2D eigenvalue weighted by Crippen LogP contribution is -2.41. The van der Waals surface area contributed by atoms with Crippen LogP contribution in [0, 0.1) is 5.92 Å². The molecule has 1 fully saturated rings. The second-order valence-corrected chi connectivity index (χ2v) is 6.54. The molecule has 3 rings (SSSR count). The van der Waals surface area contributed by atoms with Crippen molar-refractivity contribution in [1.82, 2.24) is 9.97 Å². The van der Waals surface area contributed by atoms with Gasteiger partial charge in [0.05, 0.1) is 11.0 Å². The Morgan fingerprint density at radius 2 is 2.42 bits per heavy atom. The van der Waals surface area contributed by atoms with Crippen molar-refractivity contribution in [2.24, 2.45) is 5.92 Å². The summed E-state index contributed by atoms with van der Waals surface area (Å²) in [4.78, 5) is 9.51. The molecule has 19 heavy (non-hydrogen) atoms. The molecule has 2 aromatic heterocycles. The number of aliphatic hydroxyl groups is 1. The van der Waals surface area contributed by atoms with Crippen LogP contribution in [-0.2, 0) is 0 Å². The zero-order valence-corrected chi connectivity index (χ0v) is 11.9. The number of anilines is 1. The molecule has 2 atom stereocenters. The Morgan fingerprint density at radius 3 is 3.26 bits per heavy atom. The summed E-state index contributed by atoms with van der Waals surface area (Å²) >= 11 is 1.61. The largest absolute Gasteiger partial charge is 0.388 e. The van der Waals surface area contributed by atoms with Gasteiger partial charge < -0.3 is 10.4 Å². The fourth-order valence-corrected chi connectivity index (χ4v) is 3.70. The standard InChI is InChI=1S/C14H19N3OS/c1-10-3-2-5-14(18,7-10)8-15-12-11-4-6-19-13(11)17-9-16-12/h4,6,9-10,18H,2-3,5,7-8H2,1H3,(H,15,16,17). The lowest BCUT2D eigenvalue weighted by atomic mass is 9.79. The van der Waals surface area contributed by atoms with Crippen LogP contribution in [-0.4, -0.2) is 27.2 Å². The van der Waals surface area contributed by atoms with Crippen LogP contribution in [0.1, 0.15) is 32.6 Å². The number of rotatable bonds is 3. The molecule has 1 aliphatic rings. The molecule has 5 heteroatoms. The molecule has 2 N–H and O–H groups in total. The van der Waals surface area contributed by atoms with Gasteiger partial charge in [-0.15, -0.1) is 11.3 Å². The Bertz CT molecular complexity index is 571. The number of nitrogens with one attached hydrogen (secondary N) is 1. The van der Waals surface area contributed by atoms with E-state index in [-0.39, 0.29) is 0 Å². The maximum Gasteiger partial charge on any atom is 0.138 e. The quantitative estimate of drug-likeness (QED) is 0.905. The fourth-order valence-electron chi connectivity index (χ4n) is 2.97. The third kappa shape index (κ3) is 2.72. The highest BCUT2D eigenvalue weighted by Gasteiger charge is 2.32. The van der Waals surface area contributed by atoms with E-state index in [1.807, 2.05) is 11.4 Å². The first-order chi connectivity index (χ1) is 9.16. The summed E-state index contributed by atoms with van der Waals surface area (Å²) < 4.78 is 0. The Kier molecular flexibility index (Phi) is 3.41. The van der Waals surface area contributed by atoms with E-state index in [1.165, 1.54) is 6.42 Å². The average Bonchev–Trinajstić information content (AvgIpc) is 2.85. The SMILES string of the molecule is CC1CCCC(O)(CNc2ncnc3sccc23)C1. The molecule has 0 saturated heterocycles. The van der Waals surface area contributed by atoms with E-state index >= 15 is 0 Å². The van der Waals surface area contributed by atoms with Gasteiger partial charge >= 0.3 is 0 Å². The number of hydrogen-bond donors (Lipinski definition) is 2. The molecule has 0 aliphatic heterocycles. The van der Waals surface area contributed by atoms with Gasteiger partial charge in [0.2, 0.25) is 0 Å². The molecule has 0 aromatic carbocycles. The molecule has 4 nitrogen and oxygen atoms in total. The highest BCUT2D eigenvalue weighted by Crippen LogP contribution is 2.33. The van der Waals surface area contributed by atoms with E-state index in [4.69, 9.17) is 0 Å². The maximum absolute atomic E-state index is 10.6. The zero-order chi connectivity index (χ0) is 13.3. The van der Waals surface area contributed by atoms with E-state index in [0.29, 0.717) is 12.5 Å². The minimum atomic E-state index is -0.592. The lowest BCUT2D eigenvalue weighted by molar-refractivity contribution is -0.000802. The second kappa shape index (κ2) is 5.06. The van der Waals surface area contributed by atoms with Crippen molar-refractivity contribution in [2.75, 3.05) is 11.9 Å². The number of nitrogens with zero attached hydrogens (tertiary/aromatic N) is 2. The van der Waals surface area contributed by atoms with Crippen molar-refractivity contribution in [3.63, 3.8) is 0 Å². The molecule has 1 saturated carbocycles. The Labute approximate surface area is 116 Å². The van der Waals surface area contributed by atoms with Gasteiger partial charge in [-0.3, -0.25) is 0 Å². The van der Waals surface area contributed by atoms with Crippen LogP contribution in [0.3, 0.4) is 0 Å². The van der Waals surface area contributed by atoms with E-state index < -0.39 is 5.60 Å². The van der Waals surface area contributed by atoms with E-state index in [0.717, 1.165) is 35.3 Å². The van der Waals surface area contributed by atoms with Crippen LogP contribution in [0.2, 0.25) is 0 Å². The predicted octanol–water partition coefficient (Wildman–Crippen LogP) is 3.04. The molecule has 102 valence electrons. The molecule has 0 radical (unpaired) electrons. The second-order valence-electron chi connectivity index (χ2n) is 5.64. The summed E-state index contributed by atoms with van der Waals surface area (Å²) in [5.74, 6) is 1.44. The highest BCUT2D eigenvalue weighted by atomic mass is 32.1. The fraction of sp³-hybridized carbons (Fsp3) is 0.571. The highest BCUT2D eigenvalue weighted by molar-refractivity contribution is 7.16. The average molecular weight is 277 g/mol. The van der Waals surface area contributed by atoms with Crippen LogP contribution in [0.25, 0.3) is 10.2 Å².